The number of benzene rings is 1. The van der Waals surface area contributed by atoms with Gasteiger partial charge in [0.05, 0.1) is 12.7 Å². The number of hydrogen-bond acceptors (Lipinski definition) is 3. The average Bonchev–Trinajstić information content (AvgIpc) is 2.43. The molecule has 20 heavy (non-hydrogen) atoms. The van der Waals surface area contributed by atoms with Gasteiger partial charge in [-0.25, -0.2) is 9.18 Å². The van der Waals surface area contributed by atoms with Crippen molar-refractivity contribution in [3.05, 3.63) is 35.1 Å². The number of carbonyl (C=O) groups excluding carboxylic acids is 2. The summed E-state index contributed by atoms with van der Waals surface area (Å²) in [5.41, 5.74) is 0.590. The molecule has 0 aromatic heterocycles. The van der Waals surface area contributed by atoms with Crippen LogP contribution in [0.15, 0.2) is 18.2 Å². The molecule has 1 aliphatic heterocycles. The third-order valence-corrected chi connectivity index (χ3v) is 3.61. The Kier molecular flexibility index (Phi) is 4.37. The van der Waals surface area contributed by atoms with Crippen LogP contribution >= 0.6 is 0 Å². The molecule has 1 heterocycles. The maximum atomic E-state index is 13.8. The number of methoxy groups -OCH3 is 1. The molecule has 0 N–H and O–H groups in total. The first kappa shape index (κ1) is 14.5. The van der Waals surface area contributed by atoms with E-state index in [0.717, 1.165) is 12.8 Å². The predicted octanol–water partition coefficient (Wildman–Crippen LogP) is 2.37. The van der Waals surface area contributed by atoms with E-state index >= 15 is 0 Å². The van der Waals surface area contributed by atoms with Crippen molar-refractivity contribution in [1.82, 2.24) is 4.90 Å². The second-order valence-corrected chi connectivity index (χ2v) is 5.11. The van der Waals surface area contributed by atoms with Crippen molar-refractivity contribution >= 4 is 11.9 Å². The highest BCUT2D eigenvalue weighted by atomic mass is 19.1. The van der Waals surface area contributed by atoms with Gasteiger partial charge in [-0.3, -0.25) is 4.79 Å². The largest absolute Gasteiger partial charge is 0.465 e. The van der Waals surface area contributed by atoms with Gasteiger partial charge in [0.25, 0.3) is 0 Å². The number of likely N-dealkylation sites (tertiary alicyclic amines) is 1. The molecule has 1 aliphatic rings. The topological polar surface area (TPSA) is 46.6 Å². The van der Waals surface area contributed by atoms with Gasteiger partial charge >= 0.3 is 5.97 Å². The maximum absolute atomic E-state index is 13.8. The third-order valence-electron chi connectivity index (χ3n) is 3.61. The molecule has 1 atom stereocenters. The number of esters is 1. The number of piperidine rings is 1. The minimum Gasteiger partial charge on any atom is -0.465 e. The summed E-state index contributed by atoms with van der Waals surface area (Å²) >= 11 is 0. The smallest absolute Gasteiger partial charge is 0.340 e. The van der Waals surface area contributed by atoms with Crippen molar-refractivity contribution in [2.75, 3.05) is 13.7 Å². The summed E-state index contributed by atoms with van der Waals surface area (Å²) in [4.78, 5) is 25.0. The first-order valence-electron chi connectivity index (χ1n) is 6.68. The maximum Gasteiger partial charge on any atom is 0.340 e. The van der Waals surface area contributed by atoms with Crippen LogP contribution in [0.4, 0.5) is 4.39 Å². The van der Waals surface area contributed by atoms with Gasteiger partial charge < -0.3 is 9.64 Å². The van der Waals surface area contributed by atoms with Crippen molar-refractivity contribution in [3.8, 4) is 0 Å². The average molecular weight is 279 g/mol. The van der Waals surface area contributed by atoms with Gasteiger partial charge in [-0.2, -0.15) is 0 Å². The summed E-state index contributed by atoms with van der Waals surface area (Å²) in [6, 6.07) is 4.34. The Balaban J connectivity index is 2.12. The Morgan fingerprint density at radius 2 is 2.25 bits per heavy atom. The monoisotopic (exact) mass is 279 g/mol. The number of rotatable bonds is 3. The van der Waals surface area contributed by atoms with Crippen LogP contribution in [0.5, 0.6) is 0 Å². The number of hydrogen-bond donors (Lipinski definition) is 0. The van der Waals surface area contributed by atoms with Gasteiger partial charge in [0.2, 0.25) is 5.91 Å². The van der Waals surface area contributed by atoms with Crippen molar-refractivity contribution in [2.45, 2.75) is 26.3 Å². The molecule has 1 aromatic carbocycles. The summed E-state index contributed by atoms with van der Waals surface area (Å²) in [7, 11) is 1.21. The van der Waals surface area contributed by atoms with E-state index in [-0.39, 0.29) is 17.4 Å². The van der Waals surface area contributed by atoms with Crippen molar-refractivity contribution in [3.63, 3.8) is 0 Å². The number of halogens is 1. The minimum atomic E-state index is -0.697. The Morgan fingerprint density at radius 1 is 1.50 bits per heavy atom. The van der Waals surface area contributed by atoms with E-state index in [1.165, 1.54) is 19.2 Å². The fourth-order valence-electron chi connectivity index (χ4n) is 2.44. The third kappa shape index (κ3) is 2.98. The van der Waals surface area contributed by atoms with E-state index in [1.807, 2.05) is 6.92 Å². The lowest BCUT2D eigenvalue weighted by Gasteiger charge is -2.30. The second kappa shape index (κ2) is 6.03. The summed E-state index contributed by atoms with van der Waals surface area (Å²) in [5, 5.41) is 0. The van der Waals surface area contributed by atoms with Crippen LogP contribution in [-0.4, -0.2) is 30.4 Å². The van der Waals surface area contributed by atoms with Gasteiger partial charge in [-0.1, -0.05) is 13.0 Å². The molecule has 2 rings (SSSR count). The molecular weight excluding hydrogens is 261 g/mol. The zero-order valence-electron chi connectivity index (χ0n) is 11.7. The van der Waals surface area contributed by atoms with E-state index in [2.05, 4.69) is 4.74 Å². The SMILES string of the molecule is COC(=O)c1ccc(CN2CCCC(C)C2=O)cc1F. The Labute approximate surface area is 117 Å². The molecule has 0 saturated carbocycles. The Morgan fingerprint density at radius 3 is 2.90 bits per heavy atom. The van der Waals surface area contributed by atoms with Crippen LogP contribution in [0, 0.1) is 11.7 Å². The van der Waals surface area contributed by atoms with E-state index < -0.39 is 11.8 Å². The summed E-state index contributed by atoms with van der Waals surface area (Å²) in [6.45, 7) is 2.99. The molecule has 1 saturated heterocycles. The molecule has 1 fully saturated rings. The van der Waals surface area contributed by atoms with Crippen LogP contribution in [-0.2, 0) is 16.1 Å². The highest BCUT2D eigenvalue weighted by Crippen LogP contribution is 2.20. The standard InChI is InChI=1S/C15H18FNO3/c1-10-4-3-7-17(14(10)18)9-11-5-6-12(13(16)8-11)15(19)20-2/h5-6,8,10H,3-4,7,9H2,1-2H3. The van der Waals surface area contributed by atoms with Gasteiger partial charge in [-0.05, 0) is 30.5 Å². The van der Waals surface area contributed by atoms with E-state index in [0.29, 0.717) is 18.7 Å². The summed E-state index contributed by atoms with van der Waals surface area (Å²) < 4.78 is 18.3. The first-order valence-corrected chi connectivity index (χ1v) is 6.68. The molecule has 0 radical (unpaired) electrons. The summed E-state index contributed by atoms with van der Waals surface area (Å²) in [6.07, 6.45) is 1.88. The van der Waals surface area contributed by atoms with E-state index in [4.69, 9.17) is 0 Å². The molecule has 4 nitrogen and oxygen atoms in total. The van der Waals surface area contributed by atoms with Crippen LogP contribution in [0.2, 0.25) is 0 Å². The first-order chi connectivity index (χ1) is 9.52. The lowest BCUT2D eigenvalue weighted by atomic mass is 9.98. The molecule has 5 heteroatoms. The molecular formula is C15H18FNO3. The number of carbonyl (C=O) groups is 2. The predicted molar refractivity (Wildman–Crippen MR) is 71.6 cm³/mol. The summed E-state index contributed by atoms with van der Waals surface area (Å²) in [5.74, 6) is -1.18. The van der Waals surface area contributed by atoms with Gasteiger partial charge in [-0.15, -0.1) is 0 Å². The number of amides is 1. The quantitative estimate of drug-likeness (QED) is 0.798. The Hall–Kier alpha value is -1.91. The molecule has 1 unspecified atom stereocenters. The van der Waals surface area contributed by atoms with Crippen LogP contribution in [0.25, 0.3) is 0 Å². The molecule has 0 aliphatic carbocycles. The van der Waals surface area contributed by atoms with Crippen LogP contribution < -0.4 is 0 Å². The molecule has 108 valence electrons. The highest BCUT2D eigenvalue weighted by Gasteiger charge is 2.25. The fraction of sp³-hybridized carbons (Fsp3) is 0.467. The lowest BCUT2D eigenvalue weighted by molar-refractivity contribution is -0.138. The number of ether oxygens (including phenoxy) is 1. The fourth-order valence-corrected chi connectivity index (χ4v) is 2.44. The zero-order chi connectivity index (χ0) is 14.7. The van der Waals surface area contributed by atoms with Crippen molar-refractivity contribution in [2.24, 2.45) is 5.92 Å². The van der Waals surface area contributed by atoms with Gasteiger partial charge in [0.15, 0.2) is 0 Å². The Bertz CT molecular complexity index is 530. The molecule has 0 bridgehead atoms. The van der Waals surface area contributed by atoms with E-state index in [1.54, 1.807) is 11.0 Å². The van der Waals surface area contributed by atoms with Crippen molar-refractivity contribution < 1.29 is 18.7 Å². The molecule has 0 spiro atoms. The van der Waals surface area contributed by atoms with Gasteiger partial charge in [0, 0.05) is 19.0 Å². The number of nitrogens with zero attached hydrogens (tertiary/aromatic N) is 1. The molecule has 1 aromatic rings. The van der Waals surface area contributed by atoms with E-state index in [9.17, 15) is 14.0 Å². The molecule has 1 amide bonds. The van der Waals surface area contributed by atoms with Gasteiger partial charge in [0.1, 0.15) is 5.82 Å². The van der Waals surface area contributed by atoms with Crippen LogP contribution in [0.3, 0.4) is 0 Å². The minimum absolute atomic E-state index is 0.0305. The lowest BCUT2D eigenvalue weighted by Crippen LogP contribution is -2.39. The zero-order valence-corrected chi connectivity index (χ0v) is 11.7. The van der Waals surface area contributed by atoms with Crippen LogP contribution in [0.1, 0.15) is 35.7 Å². The second-order valence-electron chi connectivity index (χ2n) is 5.11. The van der Waals surface area contributed by atoms with Crippen molar-refractivity contribution in [1.29, 1.82) is 0 Å². The highest BCUT2D eigenvalue weighted by molar-refractivity contribution is 5.89. The normalized spacial score (nSPS) is 19.1.